The van der Waals surface area contributed by atoms with E-state index < -0.39 is 0 Å². The molecule has 0 unspecified atom stereocenters. The van der Waals surface area contributed by atoms with Gasteiger partial charge in [0, 0.05) is 43.6 Å². The third-order valence-corrected chi connectivity index (χ3v) is 9.00. The fourth-order valence-electron chi connectivity index (χ4n) is 6.58. The van der Waals surface area contributed by atoms with Crippen molar-refractivity contribution in [2.24, 2.45) is 0 Å². The van der Waals surface area contributed by atoms with Crippen molar-refractivity contribution in [2.45, 2.75) is 34.6 Å². The van der Waals surface area contributed by atoms with Crippen LogP contribution in [0.4, 0.5) is 0 Å². The van der Waals surface area contributed by atoms with Crippen molar-refractivity contribution in [1.82, 2.24) is 15.0 Å². The van der Waals surface area contributed by atoms with E-state index in [2.05, 4.69) is 123 Å². The van der Waals surface area contributed by atoms with Gasteiger partial charge in [-0.15, -0.1) is 71.3 Å². The maximum atomic E-state index is 4.90. The minimum atomic E-state index is 0. The number of aryl methyl sites for hydroxylation is 4. The van der Waals surface area contributed by atoms with Crippen LogP contribution in [0.1, 0.15) is 27.9 Å². The average Bonchev–Trinajstić information content (AvgIpc) is 3.12. The van der Waals surface area contributed by atoms with Gasteiger partial charge in [0.1, 0.15) is 0 Å². The van der Waals surface area contributed by atoms with Crippen LogP contribution in [0.2, 0.25) is 0 Å². The van der Waals surface area contributed by atoms with E-state index in [0.29, 0.717) is 0 Å². The van der Waals surface area contributed by atoms with Crippen LogP contribution in [0, 0.1) is 46.8 Å². The Balaban J connectivity index is 0.000000281. The number of benzene rings is 5. The van der Waals surface area contributed by atoms with Gasteiger partial charge in [-0.2, -0.15) is 0 Å². The van der Waals surface area contributed by atoms with Crippen molar-refractivity contribution in [2.75, 3.05) is 0 Å². The Bertz CT molecular complexity index is 2400. The van der Waals surface area contributed by atoms with E-state index in [1.165, 1.54) is 60.7 Å². The molecule has 0 aliphatic carbocycles. The number of nitrogens with zero attached hydrogens (tertiary/aromatic N) is 3. The van der Waals surface area contributed by atoms with Gasteiger partial charge in [0.05, 0.1) is 5.52 Å². The molecule has 0 spiro atoms. The zero-order chi connectivity index (χ0) is 33.9. The largest absolute Gasteiger partial charge is 0.305 e. The summed E-state index contributed by atoms with van der Waals surface area (Å²) in [5.74, 6) is 0. The van der Waals surface area contributed by atoms with E-state index in [4.69, 9.17) is 4.98 Å². The Kier molecular flexibility index (Phi) is 10.4. The molecule has 3 aromatic heterocycles. The molecule has 247 valence electrons. The first-order chi connectivity index (χ1) is 23.9. The van der Waals surface area contributed by atoms with E-state index >= 15 is 0 Å². The second kappa shape index (κ2) is 15.1. The topological polar surface area (TPSA) is 38.7 Å². The molecular formula is C46H37IrN3-2. The molecule has 0 aliphatic heterocycles. The van der Waals surface area contributed by atoms with Crippen molar-refractivity contribution in [3.63, 3.8) is 0 Å². The van der Waals surface area contributed by atoms with E-state index in [1.54, 1.807) is 6.20 Å². The standard InChI is InChI=1S/C35H29N2.C11H8N.Ir/c1-21-9-12-29-30-14-11-24(4)37-34(30)20-32(31(29)17-21)28-13-10-23(3)35(25(28)5)27-8-6-7-26(19-27)33-18-22(2)15-16-36-33;1-2-6-10(7-3-1)11-8-4-5-9-12-11;/h6,8-20H,1-5H3;1-6,8-9H;/q2*-1;. The van der Waals surface area contributed by atoms with E-state index in [9.17, 15) is 0 Å². The molecule has 0 atom stereocenters. The summed E-state index contributed by atoms with van der Waals surface area (Å²) in [5, 5.41) is 3.71. The third kappa shape index (κ3) is 7.19. The van der Waals surface area contributed by atoms with Crippen LogP contribution in [0.3, 0.4) is 0 Å². The molecule has 0 fully saturated rings. The van der Waals surface area contributed by atoms with Crippen molar-refractivity contribution >= 4 is 21.7 Å². The minimum absolute atomic E-state index is 0. The maximum absolute atomic E-state index is 4.90. The molecule has 0 saturated heterocycles. The molecule has 0 N–H and O–H groups in total. The van der Waals surface area contributed by atoms with Crippen molar-refractivity contribution in [3.8, 4) is 44.8 Å². The second-order valence-corrected chi connectivity index (χ2v) is 12.6. The van der Waals surface area contributed by atoms with Crippen molar-refractivity contribution < 1.29 is 20.1 Å². The molecule has 8 rings (SSSR count). The number of hydrogen-bond acceptors (Lipinski definition) is 3. The molecule has 0 bridgehead atoms. The minimum Gasteiger partial charge on any atom is -0.305 e. The van der Waals surface area contributed by atoms with Crippen LogP contribution in [-0.2, 0) is 20.1 Å². The first-order valence-electron chi connectivity index (χ1n) is 16.6. The van der Waals surface area contributed by atoms with Gasteiger partial charge in [-0.05, 0) is 109 Å². The SMILES string of the molecule is Cc1ccnc(-c2[c-]ccc(-c3c(C)ccc(-c4cc5nc(C)ccc5c5ccc(C)cc45)c3C)c2)c1.[Ir].[c-]1ccccc1-c1ccccn1. The number of rotatable bonds is 4. The van der Waals surface area contributed by atoms with Crippen LogP contribution in [0.15, 0.2) is 134 Å². The molecular weight excluding hydrogens is 787 g/mol. The molecule has 0 saturated carbocycles. The van der Waals surface area contributed by atoms with Crippen LogP contribution in [0.25, 0.3) is 66.4 Å². The van der Waals surface area contributed by atoms with Crippen molar-refractivity contribution in [3.05, 3.63) is 174 Å². The summed E-state index contributed by atoms with van der Waals surface area (Å²) < 4.78 is 0. The quantitative estimate of drug-likeness (QED) is 0.131. The third-order valence-electron chi connectivity index (χ3n) is 9.00. The summed E-state index contributed by atoms with van der Waals surface area (Å²) in [5.41, 5.74) is 15.9. The van der Waals surface area contributed by atoms with E-state index in [1.807, 2.05) is 60.8 Å². The summed E-state index contributed by atoms with van der Waals surface area (Å²) in [6.45, 7) is 10.8. The molecule has 3 nitrogen and oxygen atoms in total. The Morgan fingerprint density at radius 1 is 0.520 bits per heavy atom. The monoisotopic (exact) mass is 824 g/mol. The van der Waals surface area contributed by atoms with Crippen molar-refractivity contribution in [1.29, 1.82) is 0 Å². The van der Waals surface area contributed by atoms with Crippen LogP contribution in [0.5, 0.6) is 0 Å². The fraction of sp³-hybridized carbons (Fsp3) is 0.109. The second-order valence-electron chi connectivity index (χ2n) is 12.6. The van der Waals surface area contributed by atoms with Gasteiger partial charge < -0.3 is 9.97 Å². The smallest absolute Gasteiger partial charge is 0.0717 e. The van der Waals surface area contributed by atoms with Crippen LogP contribution in [-0.4, -0.2) is 15.0 Å². The number of pyridine rings is 3. The van der Waals surface area contributed by atoms with Crippen LogP contribution >= 0.6 is 0 Å². The van der Waals surface area contributed by atoms with Gasteiger partial charge in [-0.1, -0.05) is 65.7 Å². The Hall–Kier alpha value is -5.28. The Morgan fingerprint density at radius 2 is 1.30 bits per heavy atom. The normalized spacial score (nSPS) is 10.7. The van der Waals surface area contributed by atoms with Gasteiger partial charge in [0.15, 0.2) is 0 Å². The maximum Gasteiger partial charge on any atom is 0.0717 e. The van der Waals surface area contributed by atoms with Gasteiger partial charge >= 0.3 is 0 Å². The molecule has 3 heterocycles. The van der Waals surface area contributed by atoms with Gasteiger partial charge in [0.2, 0.25) is 0 Å². The summed E-state index contributed by atoms with van der Waals surface area (Å²) in [6, 6.07) is 48.6. The Labute approximate surface area is 308 Å². The first-order valence-corrected chi connectivity index (χ1v) is 16.6. The predicted octanol–water partition coefficient (Wildman–Crippen LogP) is 11.7. The Morgan fingerprint density at radius 3 is 2.08 bits per heavy atom. The summed E-state index contributed by atoms with van der Waals surface area (Å²) in [6.07, 6.45) is 3.65. The molecule has 8 aromatic rings. The van der Waals surface area contributed by atoms with Crippen LogP contribution < -0.4 is 0 Å². The van der Waals surface area contributed by atoms with Gasteiger partial charge in [0.25, 0.3) is 0 Å². The zero-order valence-corrected chi connectivity index (χ0v) is 31.3. The summed E-state index contributed by atoms with van der Waals surface area (Å²) in [7, 11) is 0. The zero-order valence-electron chi connectivity index (χ0n) is 28.9. The summed E-state index contributed by atoms with van der Waals surface area (Å²) >= 11 is 0. The van der Waals surface area contributed by atoms with Gasteiger partial charge in [-0.25, -0.2) is 0 Å². The molecule has 50 heavy (non-hydrogen) atoms. The fourth-order valence-corrected chi connectivity index (χ4v) is 6.58. The summed E-state index contributed by atoms with van der Waals surface area (Å²) in [4.78, 5) is 13.7. The molecule has 5 aromatic carbocycles. The number of fused-ring (bicyclic) bond motifs is 3. The average molecular weight is 824 g/mol. The van der Waals surface area contributed by atoms with E-state index in [0.717, 1.165) is 33.7 Å². The molecule has 0 aliphatic rings. The number of aromatic nitrogens is 3. The molecule has 0 amide bonds. The predicted molar refractivity (Wildman–Crippen MR) is 204 cm³/mol. The number of hydrogen-bond donors (Lipinski definition) is 0. The first kappa shape index (κ1) is 34.6. The van der Waals surface area contributed by atoms with Gasteiger partial charge in [-0.3, -0.25) is 4.98 Å². The molecule has 4 heteroatoms. The molecule has 1 radical (unpaired) electrons. The van der Waals surface area contributed by atoms with E-state index in [-0.39, 0.29) is 20.1 Å².